The molecule has 0 spiro atoms. The van der Waals surface area contributed by atoms with Crippen LogP contribution in [0, 0.1) is 11.3 Å². The molecule has 0 aliphatic rings. The molecular weight excluding hydrogens is 322 g/mol. The SMILES string of the molecule is CSc1ccccc1-c1ccc2nc(NC(=O)CCC#N)nn2c1. The number of aromatic nitrogens is 3. The van der Waals surface area contributed by atoms with Gasteiger partial charge in [-0.05, 0) is 30.0 Å². The maximum absolute atomic E-state index is 11.7. The second-order valence-electron chi connectivity index (χ2n) is 5.06. The van der Waals surface area contributed by atoms with Gasteiger partial charge in [-0.2, -0.15) is 10.2 Å². The molecule has 0 saturated heterocycles. The zero-order chi connectivity index (χ0) is 16.9. The number of amides is 1. The Morgan fingerprint density at radius 1 is 1.33 bits per heavy atom. The first-order chi connectivity index (χ1) is 11.7. The Balaban J connectivity index is 1.89. The predicted molar refractivity (Wildman–Crippen MR) is 93.7 cm³/mol. The lowest BCUT2D eigenvalue weighted by Gasteiger charge is -2.07. The Morgan fingerprint density at radius 3 is 2.96 bits per heavy atom. The first-order valence-electron chi connectivity index (χ1n) is 7.38. The van der Waals surface area contributed by atoms with E-state index in [2.05, 4.69) is 27.5 Å². The molecule has 1 N–H and O–H groups in total. The topological polar surface area (TPSA) is 83.1 Å². The van der Waals surface area contributed by atoms with Crippen LogP contribution in [0.15, 0.2) is 47.5 Å². The van der Waals surface area contributed by atoms with Crippen LogP contribution in [0.25, 0.3) is 16.8 Å². The quantitative estimate of drug-likeness (QED) is 0.722. The normalized spacial score (nSPS) is 10.5. The fourth-order valence-corrected chi connectivity index (χ4v) is 2.96. The molecule has 0 atom stereocenters. The molecule has 1 amide bonds. The van der Waals surface area contributed by atoms with Crippen LogP contribution in [-0.2, 0) is 4.79 Å². The smallest absolute Gasteiger partial charge is 0.249 e. The Morgan fingerprint density at radius 2 is 2.17 bits per heavy atom. The van der Waals surface area contributed by atoms with Crippen LogP contribution in [0.4, 0.5) is 5.95 Å². The molecule has 0 fully saturated rings. The van der Waals surface area contributed by atoms with Gasteiger partial charge in [0.2, 0.25) is 11.9 Å². The molecule has 0 bridgehead atoms. The third-order valence-corrected chi connectivity index (χ3v) is 4.26. The number of nitrogens with one attached hydrogen (secondary N) is 1. The minimum atomic E-state index is -0.264. The van der Waals surface area contributed by atoms with Crippen molar-refractivity contribution in [3.63, 3.8) is 0 Å². The minimum absolute atomic E-state index is 0.137. The number of rotatable bonds is 5. The first-order valence-corrected chi connectivity index (χ1v) is 8.60. The van der Waals surface area contributed by atoms with E-state index in [4.69, 9.17) is 5.26 Å². The van der Waals surface area contributed by atoms with Crippen molar-refractivity contribution in [2.24, 2.45) is 0 Å². The summed E-state index contributed by atoms with van der Waals surface area (Å²) in [5.74, 6) is -0.0198. The Hall–Kier alpha value is -2.85. The lowest BCUT2D eigenvalue weighted by atomic mass is 10.1. The number of carbonyl (C=O) groups excluding carboxylic acids is 1. The second kappa shape index (κ2) is 7.15. The zero-order valence-electron chi connectivity index (χ0n) is 13.1. The summed E-state index contributed by atoms with van der Waals surface area (Å²) in [4.78, 5) is 17.1. The van der Waals surface area contributed by atoms with E-state index in [1.165, 1.54) is 4.90 Å². The third-order valence-electron chi connectivity index (χ3n) is 3.46. The van der Waals surface area contributed by atoms with E-state index >= 15 is 0 Å². The van der Waals surface area contributed by atoms with E-state index in [1.807, 2.05) is 42.8 Å². The van der Waals surface area contributed by atoms with Gasteiger partial charge in [-0.1, -0.05) is 18.2 Å². The van der Waals surface area contributed by atoms with Gasteiger partial charge >= 0.3 is 0 Å². The van der Waals surface area contributed by atoms with Gasteiger partial charge in [0.05, 0.1) is 6.07 Å². The van der Waals surface area contributed by atoms with Gasteiger partial charge in [0.15, 0.2) is 5.65 Å². The van der Waals surface area contributed by atoms with E-state index in [0.717, 1.165) is 11.1 Å². The number of benzene rings is 1. The van der Waals surface area contributed by atoms with Gasteiger partial charge in [0, 0.05) is 29.5 Å². The van der Waals surface area contributed by atoms with Gasteiger partial charge in [-0.3, -0.25) is 10.1 Å². The number of thioether (sulfide) groups is 1. The van der Waals surface area contributed by atoms with Crippen molar-refractivity contribution in [1.82, 2.24) is 14.6 Å². The average Bonchev–Trinajstić information content (AvgIpc) is 3.01. The highest BCUT2D eigenvalue weighted by Gasteiger charge is 2.10. The van der Waals surface area contributed by atoms with Crippen molar-refractivity contribution in [1.29, 1.82) is 5.26 Å². The number of nitrogens with zero attached hydrogens (tertiary/aromatic N) is 4. The summed E-state index contributed by atoms with van der Waals surface area (Å²) in [6.07, 6.45) is 4.25. The summed E-state index contributed by atoms with van der Waals surface area (Å²) in [5.41, 5.74) is 2.80. The maximum Gasteiger partial charge on any atom is 0.249 e. The Kier molecular flexibility index (Phi) is 4.77. The van der Waals surface area contributed by atoms with Gasteiger partial charge in [-0.25, -0.2) is 4.52 Å². The number of fused-ring (bicyclic) bond motifs is 1. The Labute approximate surface area is 143 Å². The lowest BCUT2D eigenvalue weighted by molar-refractivity contribution is -0.116. The standard InChI is InChI=1S/C17H15N5OS/c1-24-14-6-3-2-5-13(14)12-8-9-15-19-17(21-22(15)11-12)20-16(23)7-4-10-18/h2-3,5-6,8-9,11H,4,7H2,1H3,(H,20,21,23). The molecule has 0 unspecified atom stereocenters. The van der Waals surface area contributed by atoms with Crippen LogP contribution in [0.5, 0.6) is 0 Å². The first kappa shape index (κ1) is 16.0. The second-order valence-corrected chi connectivity index (χ2v) is 5.91. The van der Waals surface area contributed by atoms with Gasteiger partial charge < -0.3 is 0 Å². The van der Waals surface area contributed by atoms with Crippen molar-refractivity contribution in [2.75, 3.05) is 11.6 Å². The van der Waals surface area contributed by atoms with E-state index < -0.39 is 0 Å². The van der Waals surface area contributed by atoms with Crippen LogP contribution in [-0.4, -0.2) is 26.8 Å². The van der Waals surface area contributed by atoms with E-state index in [-0.39, 0.29) is 24.7 Å². The van der Waals surface area contributed by atoms with Crippen LogP contribution < -0.4 is 5.32 Å². The molecule has 2 aromatic heterocycles. The summed E-state index contributed by atoms with van der Waals surface area (Å²) in [7, 11) is 0. The van der Waals surface area contributed by atoms with Crippen molar-refractivity contribution in [3.8, 4) is 17.2 Å². The molecule has 24 heavy (non-hydrogen) atoms. The molecule has 0 aliphatic carbocycles. The van der Waals surface area contributed by atoms with Crippen molar-refractivity contribution < 1.29 is 4.79 Å². The molecule has 3 rings (SSSR count). The molecule has 120 valence electrons. The third kappa shape index (κ3) is 3.39. The number of anilines is 1. The highest BCUT2D eigenvalue weighted by molar-refractivity contribution is 7.98. The number of hydrogen-bond donors (Lipinski definition) is 1. The number of pyridine rings is 1. The average molecular weight is 337 g/mol. The van der Waals surface area contributed by atoms with Gasteiger partial charge in [0.1, 0.15) is 0 Å². The summed E-state index contributed by atoms with van der Waals surface area (Å²) in [6, 6.07) is 13.9. The molecule has 1 aromatic carbocycles. The summed E-state index contributed by atoms with van der Waals surface area (Å²) >= 11 is 1.69. The monoisotopic (exact) mass is 337 g/mol. The highest BCUT2D eigenvalue weighted by atomic mass is 32.2. The summed E-state index contributed by atoms with van der Waals surface area (Å²) in [5, 5.41) is 15.4. The predicted octanol–water partition coefficient (Wildman–Crippen LogP) is 3.36. The van der Waals surface area contributed by atoms with Crippen LogP contribution in [0.1, 0.15) is 12.8 Å². The molecule has 0 aliphatic heterocycles. The van der Waals surface area contributed by atoms with Crippen LogP contribution >= 0.6 is 11.8 Å². The van der Waals surface area contributed by atoms with Crippen molar-refractivity contribution in [3.05, 3.63) is 42.6 Å². The maximum atomic E-state index is 11.7. The van der Waals surface area contributed by atoms with Crippen molar-refractivity contribution >= 4 is 29.3 Å². The van der Waals surface area contributed by atoms with Gasteiger partial charge in [-0.15, -0.1) is 16.9 Å². The molecule has 3 aromatic rings. The zero-order valence-corrected chi connectivity index (χ0v) is 13.9. The Bertz CT molecular complexity index is 928. The van der Waals surface area contributed by atoms with Crippen molar-refractivity contribution in [2.45, 2.75) is 17.7 Å². The molecule has 7 heteroatoms. The van der Waals surface area contributed by atoms with E-state index in [0.29, 0.717) is 5.65 Å². The summed E-state index contributed by atoms with van der Waals surface area (Å²) < 4.78 is 1.65. The molecule has 2 heterocycles. The molecule has 0 saturated carbocycles. The lowest BCUT2D eigenvalue weighted by Crippen LogP contribution is -2.12. The summed E-state index contributed by atoms with van der Waals surface area (Å²) in [6.45, 7) is 0. The molecule has 6 nitrogen and oxygen atoms in total. The minimum Gasteiger partial charge on any atom is -0.293 e. The highest BCUT2D eigenvalue weighted by Crippen LogP contribution is 2.29. The number of carbonyl (C=O) groups is 1. The van der Waals surface area contributed by atoms with Gasteiger partial charge in [0.25, 0.3) is 0 Å². The molecule has 0 radical (unpaired) electrons. The number of nitriles is 1. The van der Waals surface area contributed by atoms with E-state index in [9.17, 15) is 4.79 Å². The van der Waals surface area contributed by atoms with Crippen LogP contribution in [0.2, 0.25) is 0 Å². The largest absolute Gasteiger partial charge is 0.293 e. The molecular formula is C17H15N5OS. The number of hydrogen-bond acceptors (Lipinski definition) is 5. The fourth-order valence-electron chi connectivity index (χ4n) is 2.34. The van der Waals surface area contributed by atoms with E-state index in [1.54, 1.807) is 16.3 Å². The fraction of sp³-hybridized carbons (Fsp3) is 0.176. The van der Waals surface area contributed by atoms with Crippen LogP contribution in [0.3, 0.4) is 0 Å².